The SMILES string of the molecule is O=C(CN1CCC[C@@H]1CO)c1cnccn1. The minimum atomic E-state index is -0.0338. The molecule has 0 saturated carbocycles. The van der Waals surface area contributed by atoms with Crippen LogP contribution in [0.2, 0.25) is 0 Å². The molecule has 0 spiro atoms. The second kappa shape index (κ2) is 5.14. The summed E-state index contributed by atoms with van der Waals surface area (Å²) in [5.74, 6) is -0.0338. The number of carbonyl (C=O) groups is 1. The third-order valence-electron chi connectivity index (χ3n) is 2.91. The molecule has 1 aliphatic rings. The summed E-state index contributed by atoms with van der Waals surface area (Å²) in [6, 6.07) is 0.126. The van der Waals surface area contributed by atoms with Crippen molar-refractivity contribution in [2.24, 2.45) is 0 Å². The second-order valence-corrected chi connectivity index (χ2v) is 3.96. The Kier molecular flexibility index (Phi) is 3.58. The Hall–Kier alpha value is -1.33. The normalized spacial score (nSPS) is 21.2. The fourth-order valence-electron chi connectivity index (χ4n) is 2.02. The molecule has 0 radical (unpaired) electrons. The lowest BCUT2D eigenvalue weighted by Crippen LogP contribution is -2.36. The zero-order valence-electron chi connectivity index (χ0n) is 9.04. The Labute approximate surface area is 94.1 Å². The summed E-state index contributed by atoms with van der Waals surface area (Å²) in [5, 5.41) is 9.14. The molecule has 1 aromatic heterocycles. The van der Waals surface area contributed by atoms with E-state index >= 15 is 0 Å². The number of likely N-dealkylation sites (tertiary alicyclic amines) is 1. The minimum absolute atomic E-state index is 0.0338. The van der Waals surface area contributed by atoms with E-state index in [9.17, 15) is 4.79 Å². The Morgan fingerprint density at radius 1 is 1.56 bits per heavy atom. The van der Waals surface area contributed by atoms with Crippen LogP contribution in [-0.4, -0.2) is 51.5 Å². The molecule has 86 valence electrons. The van der Waals surface area contributed by atoms with Gasteiger partial charge in [-0.3, -0.25) is 14.7 Å². The minimum Gasteiger partial charge on any atom is -0.395 e. The van der Waals surface area contributed by atoms with Crippen LogP contribution < -0.4 is 0 Å². The van der Waals surface area contributed by atoms with E-state index in [1.807, 2.05) is 4.90 Å². The van der Waals surface area contributed by atoms with Crippen LogP contribution in [-0.2, 0) is 0 Å². The first-order valence-corrected chi connectivity index (χ1v) is 5.45. The van der Waals surface area contributed by atoms with Gasteiger partial charge in [-0.15, -0.1) is 0 Å². The van der Waals surface area contributed by atoms with Gasteiger partial charge in [0.1, 0.15) is 5.69 Å². The van der Waals surface area contributed by atoms with Crippen LogP contribution in [0.3, 0.4) is 0 Å². The molecule has 1 atom stereocenters. The van der Waals surface area contributed by atoms with E-state index in [-0.39, 0.29) is 18.4 Å². The molecule has 5 nitrogen and oxygen atoms in total. The molecule has 0 aliphatic carbocycles. The highest BCUT2D eigenvalue weighted by Crippen LogP contribution is 2.16. The fraction of sp³-hybridized carbons (Fsp3) is 0.545. The number of rotatable bonds is 4. The van der Waals surface area contributed by atoms with Gasteiger partial charge < -0.3 is 5.11 Å². The number of hydrogen-bond acceptors (Lipinski definition) is 5. The maximum absolute atomic E-state index is 11.8. The van der Waals surface area contributed by atoms with Gasteiger partial charge in [0.15, 0.2) is 5.78 Å². The lowest BCUT2D eigenvalue weighted by Gasteiger charge is -2.21. The summed E-state index contributed by atoms with van der Waals surface area (Å²) in [6.45, 7) is 1.31. The molecule has 0 amide bonds. The van der Waals surface area contributed by atoms with Gasteiger partial charge >= 0.3 is 0 Å². The number of carbonyl (C=O) groups excluding carboxylic acids is 1. The Morgan fingerprint density at radius 2 is 2.44 bits per heavy atom. The number of aliphatic hydroxyl groups is 1. The van der Waals surface area contributed by atoms with E-state index in [1.165, 1.54) is 12.4 Å². The van der Waals surface area contributed by atoms with E-state index < -0.39 is 0 Å². The van der Waals surface area contributed by atoms with Crippen LogP contribution in [0.4, 0.5) is 0 Å². The van der Waals surface area contributed by atoms with Gasteiger partial charge in [0.05, 0.1) is 19.3 Å². The molecule has 16 heavy (non-hydrogen) atoms. The summed E-state index contributed by atoms with van der Waals surface area (Å²) < 4.78 is 0. The van der Waals surface area contributed by atoms with Crippen molar-refractivity contribution in [2.75, 3.05) is 19.7 Å². The van der Waals surface area contributed by atoms with Gasteiger partial charge in [-0.2, -0.15) is 0 Å². The van der Waals surface area contributed by atoms with Crippen LogP contribution in [0.15, 0.2) is 18.6 Å². The summed E-state index contributed by atoms with van der Waals surface area (Å²) in [5.41, 5.74) is 0.395. The molecule has 1 aromatic rings. The molecule has 1 aliphatic heterocycles. The summed E-state index contributed by atoms with van der Waals surface area (Å²) in [7, 11) is 0. The largest absolute Gasteiger partial charge is 0.395 e. The molecule has 1 N–H and O–H groups in total. The van der Waals surface area contributed by atoms with Crippen molar-refractivity contribution >= 4 is 5.78 Å². The van der Waals surface area contributed by atoms with E-state index in [4.69, 9.17) is 5.11 Å². The van der Waals surface area contributed by atoms with Crippen LogP contribution in [0.5, 0.6) is 0 Å². The van der Waals surface area contributed by atoms with Gasteiger partial charge in [-0.25, -0.2) is 4.98 Å². The van der Waals surface area contributed by atoms with Gasteiger partial charge in [0.2, 0.25) is 0 Å². The molecule has 0 bridgehead atoms. The smallest absolute Gasteiger partial charge is 0.196 e. The molecule has 2 heterocycles. The predicted molar refractivity (Wildman–Crippen MR) is 58.0 cm³/mol. The first-order valence-electron chi connectivity index (χ1n) is 5.45. The van der Waals surface area contributed by atoms with Crippen molar-refractivity contribution in [3.8, 4) is 0 Å². The van der Waals surface area contributed by atoms with Crippen molar-refractivity contribution in [1.29, 1.82) is 0 Å². The number of nitrogens with zero attached hydrogens (tertiary/aromatic N) is 3. The van der Waals surface area contributed by atoms with Crippen LogP contribution in [0, 0.1) is 0 Å². The lowest BCUT2D eigenvalue weighted by atomic mass is 10.2. The van der Waals surface area contributed by atoms with Crippen molar-refractivity contribution in [2.45, 2.75) is 18.9 Å². The number of Topliss-reactive ketones (excluding diaryl/α,β-unsaturated/α-hetero) is 1. The van der Waals surface area contributed by atoms with Gasteiger partial charge in [-0.1, -0.05) is 0 Å². The molecule has 0 aromatic carbocycles. The van der Waals surface area contributed by atoms with Crippen molar-refractivity contribution in [1.82, 2.24) is 14.9 Å². The maximum atomic E-state index is 11.8. The highest BCUT2D eigenvalue weighted by molar-refractivity contribution is 5.95. The number of ketones is 1. The molecular formula is C11H15N3O2. The van der Waals surface area contributed by atoms with E-state index in [1.54, 1.807) is 6.20 Å². The van der Waals surface area contributed by atoms with Gasteiger partial charge in [0.25, 0.3) is 0 Å². The molecular weight excluding hydrogens is 206 g/mol. The summed E-state index contributed by atoms with van der Waals surface area (Å²) in [4.78, 5) is 21.7. The maximum Gasteiger partial charge on any atom is 0.196 e. The summed E-state index contributed by atoms with van der Waals surface area (Å²) >= 11 is 0. The first kappa shape index (κ1) is 11.2. The zero-order chi connectivity index (χ0) is 11.4. The topological polar surface area (TPSA) is 66.3 Å². The molecule has 1 fully saturated rings. The van der Waals surface area contributed by atoms with Gasteiger partial charge in [-0.05, 0) is 19.4 Å². The third-order valence-corrected chi connectivity index (χ3v) is 2.91. The van der Waals surface area contributed by atoms with E-state index in [0.717, 1.165) is 19.4 Å². The molecule has 5 heteroatoms. The predicted octanol–water partition coefficient (Wildman–Crippen LogP) is 0.116. The standard InChI is InChI=1S/C11H15N3O2/c15-8-9-2-1-5-14(9)7-11(16)10-6-12-3-4-13-10/h3-4,6,9,15H,1-2,5,7-8H2/t9-/m1/s1. The zero-order valence-corrected chi connectivity index (χ0v) is 9.04. The average molecular weight is 221 g/mol. The van der Waals surface area contributed by atoms with E-state index in [0.29, 0.717) is 12.2 Å². The van der Waals surface area contributed by atoms with Crippen LogP contribution in [0.25, 0.3) is 0 Å². The molecule has 2 rings (SSSR count). The van der Waals surface area contributed by atoms with Crippen LogP contribution in [0.1, 0.15) is 23.3 Å². The highest BCUT2D eigenvalue weighted by Gasteiger charge is 2.25. The third kappa shape index (κ3) is 2.43. The first-order chi connectivity index (χ1) is 7.81. The number of aliphatic hydroxyl groups excluding tert-OH is 1. The van der Waals surface area contributed by atoms with Crippen molar-refractivity contribution in [3.05, 3.63) is 24.3 Å². The van der Waals surface area contributed by atoms with Gasteiger partial charge in [0, 0.05) is 18.4 Å². The monoisotopic (exact) mass is 221 g/mol. The second-order valence-electron chi connectivity index (χ2n) is 3.96. The lowest BCUT2D eigenvalue weighted by molar-refractivity contribution is 0.0882. The Bertz CT molecular complexity index is 356. The Morgan fingerprint density at radius 3 is 3.12 bits per heavy atom. The van der Waals surface area contributed by atoms with Crippen LogP contribution >= 0.6 is 0 Å². The Balaban J connectivity index is 1.97. The van der Waals surface area contributed by atoms with Crippen molar-refractivity contribution in [3.63, 3.8) is 0 Å². The molecule has 0 unspecified atom stereocenters. The average Bonchev–Trinajstić information content (AvgIpc) is 2.77. The summed E-state index contributed by atoms with van der Waals surface area (Å²) in [6.07, 6.45) is 6.54. The number of hydrogen-bond donors (Lipinski definition) is 1. The van der Waals surface area contributed by atoms with E-state index in [2.05, 4.69) is 9.97 Å². The van der Waals surface area contributed by atoms with Crippen molar-refractivity contribution < 1.29 is 9.90 Å². The number of aromatic nitrogens is 2. The molecule has 1 saturated heterocycles. The fourth-order valence-corrected chi connectivity index (χ4v) is 2.02. The highest BCUT2D eigenvalue weighted by atomic mass is 16.3. The quantitative estimate of drug-likeness (QED) is 0.731.